The highest BCUT2D eigenvalue weighted by atomic mass is 33.1. The summed E-state index contributed by atoms with van der Waals surface area (Å²) >= 11 is 0. The van der Waals surface area contributed by atoms with Crippen LogP contribution in [0.25, 0.3) is 0 Å². The quantitative estimate of drug-likeness (QED) is 0.324. The first-order chi connectivity index (χ1) is 6.43. The van der Waals surface area contributed by atoms with Gasteiger partial charge in [0, 0.05) is 11.9 Å². The van der Waals surface area contributed by atoms with Gasteiger partial charge in [-0.25, -0.2) is 14.8 Å². The minimum Gasteiger partial charge on any atom is -0.249 e. The molecule has 0 aliphatic rings. The van der Waals surface area contributed by atoms with Crippen molar-refractivity contribution in [3.63, 3.8) is 0 Å². The van der Waals surface area contributed by atoms with Crippen LogP contribution in [0, 0.1) is 0 Å². The predicted octanol–water partition coefficient (Wildman–Crippen LogP) is 2.16. The molecule has 5 heteroatoms. The lowest BCUT2D eigenvalue weighted by molar-refractivity contribution is 0.563. The van der Waals surface area contributed by atoms with Gasteiger partial charge < -0.3 is 0 Å². The molecule has 0 bridgehead atoms. The average molecular weight is 212 g/mol. The van der Waals surface area contributed by atoms with Gasteiger partial charge in [0.05, 0.1) is 6.54 Å². The molecule has 1 heterocycles. The van der Waals surface area contributed by atoms with E-state index in [2.05, 4.69) is 9.98 Å². The van der Waals surface area contributed by atoms with Crippen LogP contribution in [0.2, 0.25) is 0 Å². The maximum atomic E-state index is 9.72. The van der Waals surface area contributed by atoms with Crippen molar-refractivity contribution >= 4 is 27.7 Å². The first-order valence-electron chi connectivity index (χ1n) is 3.67. The molecule has 1 aromatic rings. The standard InChI is InChI=1S/C8H8N2OS2/c11-7-9-5-6-12-13-8-3-1-2-4-10-8/h1-4H,5-6H2. The van der Waals surface area contributed by atoms with Crippen molar-refractivity contribution < 1.29 is 4.79 Å². The molecule has 13 heavy (non-hydrogen) atoms. The van der Waals surface area contributed by atoms with E-state index in [0.717, 1.165) is 10.8 Å². The van der Waals surface area contributed by atoms with E-state index in [1.54, 1.807) is 27.8 Å². The monoisotopic (exact) mass is 212 g/mol. The average Bonchev–Trinajstić information content (AvgIpc) is 2.19. The first kappa shape index (κ1) is 10.3. The summed E-state index contributed by atoms with van der Waals surface area (Å²) in [5, 5.41) is 0.975. The Morgan fingerprint density at radius 2 is 2.46 bits per heavy atom. The number of carbonyl (C=O) groups excluding carboxylic acids is 1. The highest BCUT2D eigenvalue weighted by molar-refractivity contribution is 8.76. The summed E-state index contributed by atoms with van der Waals surface area (Å²) in [6.07, 6.45) is 3.26. The molecule has 1 rings (SSSR count). The summed E-state index contributed by atoms with van der Waals surface area (Å²) in [7, 11) is 3.21. The van der Waals surface area contributed by atoms with Gasteiger partial charge in [0.25, 0.3) is 0 Å². The van der Waals surface area contributed by atoms with Gasteiger partial charge in [-0.15, -0.1) is 0 Å². The lowest BCUT2D eigenvalue weighted by Crippen LogP contribution is -1.81. The minimum absolute atomic E-state index is 0.522. The molecule has 0 aliphatic heterocycles. The van der Waals surface area contributed by atoms with Gasteiger partial charge in [-0.1, -0.05) is 16.9 Å². The van der Waals surface area contributed by atoms with Crippen molar-refractivity contribution in [3.8, 4) is 0 Å². The van der Waals surface area contributed by atoms with Gasteiger partial charge in [0.1, 0.15) is 5.03 Å². The molecule has 0 saturated carbocycles. The Morgan fingerprint density at radius 1 is 1.54 bits per heavy atom. The number of nitrogens with zero attached hydrogens (tertiary/aromatic N) is 2. The van der Waals surface area contributed by atoms with Crippen LogP contribution >= 0.6 is 21.6 Å². The number of rotatable bonds is 5. The Hall–Kier alpha value is -0.770. The molecule has 0 spiro atoms. The Labute approximate surface area is 84.4 Å². The van der Waals surface area contributed by atoms with Crippen molar-refractivity contribution in [2.24, 2.45) is 4.99 Å². The lowest BCUT2D eigenvalue weighted by atomic mass is 10.5. The zero-order chi connectivity index (χ0) is 9.36. The van der Waals surface area contributed by atoms with Gasteiger partial charge in [0.2, 0.25) is 6.08 Å². The highest BCUT2D eigenvalue weighted by Crippen LogP contribution is 2.28. The number of pyridine rings is 1. The molecule has 0 fully saturated rings. The SMILES string of the molecule is O=C=NCCSSc1ccccn1. The van der Waals surface area contributed by atoms with Crippen LogP contribution in [0.1, 0.15) is 0 Å². The van der Waals surface area contributed by atoms with Crippen LogP contribution in [0.15, 0.2) is 34.4 Å². The summed E-state index contributed by atoms with van der Waals surface area (Å²) in [6, 6.07) is 5.77. The van der Waals surface area contributed by atoms with Gasteiger partial charge in [-0.3, -0.25) is 0 Å². The Morgan fingerprint density at radius 3 is 3.15 bits per heavy atom. The lowest BCUT2D eigenvalue weighted by Gasteiger charge is -1.96. The van der Waals surface area contributed by atoms with E-state index in [-0.39, 0.29) is 0 Å². The molecule has 0 unspecified atom stereocenters. The van der Waals surface area contributed by atoms with Crippen LogP contribution in [0.5, 0.6) is 0 Å². The number of hydrogen-bond acceptors (Lipinski definition) is 5. The first-order valence-corrected chi connectivity index (χ1v) is 5.99. The Bertz CT molecular complexity index is 285. The van der Waals surface area contributed by atoms with Crippen molar-refractivity contribution in [2.75, 3.05) is 12.3 Å². The molecule has 3 nitrogen and oxygen atoms in total. The van der Waals surface area contributed by atoms with E-state index in [0.29, 0.717) is 6.54 Å². The summed E-state index contributed by atoms with van der Waals surface area (Å²) in [5.41, 5.74) is 0. The summed E-state index contributed by atoms with van der Waals surface area (Å²) in [5.74, 6) is 0.802. The molecule has 0 atom stereocenters. The molecule has 1 aromatic heterocycles. The van der Waals surface area contributed by atoms with E-state index >= 15 is 0 Å². The van der Waals surface area contributed by atoms with Crippen molar-refractivity contribution in [2.45, 2.75) is 5.03 Å². The molecule has 0 radical (unpaired) electrons. The number of aromatic nitrogens is 1. The highest BCUT2D eigenvalue weighted by Gasteiger charge is 1.93. The maximum Gasteiger partial charge on any atom is 0.234 e. The zero-order valence-corrected chi connectivity index (χ0v) is 8.48. The van der Waals surface area contributed by atoms with Gasteiger partial charge in [-0.05, 0) is 22.9 Å². The molecule has 0 saturated heterocycles. The Kier molecular flexibility index (Phi) is 5.33. The molecular weight excluding hydrogens is 204 g/mol. The van der Waals surface area contributed by atoms with Crippen LogP contribution in [-0.4, -0.2) is 23.4 Å². The van der Waals surface area contributed by atoms with Crippen molar-refractivity contribution in [1.29, 1.82) is 0 Å². The minimum atomic E-state index is 0.522. The second kappa shape index (κ2) is 6.71. The molecule has 68 valence electrons. The molecule has 0 aliphatic carbocycles. The third-order valence-corrected chi connectivity index (χ3v) is 3.38. The number of hydrogen-bond donors (Lipinski definition) is 0. The fourth-order valence-electron chi connectivity index (χ4n) is 0.627. The third-order valence-electron chi connectivity index (χ3n) is 1.13. The third kappa shape index (κ3) is 4.72. The summed E-state index contributed by atoms with van der Waals surface area (Å²) in [4.78, 5) is 17.3. The maximum absolute atomic E-state index is 9.72. The number of aliphatic imine (C=N–C) groups is 1. The van der Waals surface area contributed by atoms with E-state index < -0.39 is 0 Å². The summed E-state index contributed by atoms with van der Waals surface area (Å²) in [6.45, 7) is 0.522. The molecule has 0 N–H and O–H groups in total. The van der Waals surface area contributed by atoms with Crippen LogP contribution in [-0.2, 0) is 4.79 Å². The Balaban J connectivity index is 2.17. The van der Waals surface area contributed by atoms with Crippen molar-refractivity contribution in [1.82, 2.24) is 4.98 Å². The van der Waals surface area contributed by atoms with Crippen LogP contribution < -0.4 is 0 Å². The fourth-order valence-corrected chi connectivity index (χ4v) is 2.37. The smallest absolute Gasteiger partial charge is 0.234 e. The van der Waals surface area contributed by atoms with E-state index in [4.69, 9.17) is 0 Å². The van der Waals surface area contributed by atoms with E-state index in [9.17, 15) is 4.79 Å². The van der Waals surface area contributed by atoms with Crippen LogP contribution in [0.4, 0.5) is 0 Å². The largest absolute Gasteiger partial charge is 0.249 e. The van der Waals surface area contributed by atoms with Gasteiger partial charge in [0.15, 0.2) is 0 Å². The fraction of sp³-hybridized carbons (Fsp3) is 0.250. The normalized spacial score (nSPS) is 9.23. The van der Waals surface area contributed by atoms with Crippen molar-refractivity contribution in [3.05, 3.63) is 24.4 Å². The second-order valence-corrected chi connectivity index (χ2v) is 4.48. The number of isocyanates is 1. The predicted molar refractivity (Wildman–Crippen MR) is 55.5 cm³/mol. The van der Waals surface area contributed by atoms with Gasteiger partial charge >= 0.3 is 0 Å². The zero-order valence-electron chi connectivity index (χ0n) is 6.84. The van der Waals surface area contributed by atoms with Gasteiger partial charge in [-0.2, -0.15) is 0 Å². The molecular formula is C8H8N2OS2. The second-order valence-electron chi connectivity index (χ2n) is 2.05. The van der Waals surface area contributed by atoms with Crippen LogP contribution in [0.3, 0.4) is 0 Å². The topological polar surface area (TPSA) is 42.3 Å². The molecule has 0 amide bonds. The molecule has 0 aromatic carbocycles. The van der Waals surface area contributed by atoms with E-state index in [1.807, 2.05) is 18.2 Å². The summed E-state index contributed by atoms with van der Waals surface area (Å²) < 4.78 is 0. The van der Waals surface area contributed by atoms with E-state index in [1.165, 1.54) is 6.08 Å².